The highest BCUT2D eigenvalue weighted by Gasteiger charge is 2.74. The lowest BCUT2D eigenvalue weighted by Gasteiger charge is -2.37. The molecule has 180 valence electrons. The molecule has 1 aromatic carbocycles. The van der Waals surface area contributed by atoms with Gasteiger partial charge in [-0.2, -0.15) is 0 Å². The fraction of sp³-hybridized carbons (Fsp3) is 0.480. The Morgan fingerprint density at radius 3 is 2.59 bits per heavy atom. The zero-order valence-electron chi connectivity index (χ0n) is 18.9. The number of hydrogen-bond acceptors (Lipinski definition) is 6. The van der Waals surface area contributed by atoms with Gasteiger partial charge in [-0.3, -0.25) is 14.4 Å². The summed E-state index contributed by atoms with van der Waals surface area (Å²) in [7, 11) is 0. The molecule has 0 saturated carbocycles. The first-order valence-electron chi connectivity index (χ1n) is 11.5. The van der Waals surface area contributed by atoms with E-state index >= 15 is 0 Å². The lowest BCUT2D eigenvalue weighted by atomic mass is 9.74. The maximum absolute atomic E-state index is 14.0. The van der Waals surface area contributed by atoms with Crippen molar-refractivity contribution in [3.05, 3.63) is 53.6 Å². The fourth-order valence-corrected chi connectivity index (χ4v) is 5.96. The van der Waals surface area contributed by atoms with Crippen LogP contribution in [0.3, 0.4) is 0 Å². The summed E-state index contributed by atoms with van der Waals surface area (Å²) in [5.74, 6) is -3.11. The predicted molar refractivity (Wildman–Crippen MR) is 124 cm³/mol. The van der Waals surface area contributed by atoms with Gasteiger partial charge in [0.25, 0.3) is 5.91 Å². The van der Waals surface area contributed by atoms with E-state index < -0.39 is 41.0 Å². The summed E-state index contributed by atoms with van der Waals surface area (Å²) in [6, 6.07) is 5.83. The molecule has 9 heteroatoms. The molecule has 4 heterocycles. The van der Waals surface area contributed by atoms with Gasteiger partial charge in [-0.1, -0.05) is 35.9 Å². The molecular weight excluding hydrogens is 460 g/mol. The molecule has 4 aliphatic heterocycles. The molecule has 34 heavy (non-hydrogen) atoms. The van der Waals surface area contributed by atoms with Crippen LogP contribution < -0.4 is 4.90 Å². The van der Waals surface area contributed by atoms with E-state index in [0.29, 0.717) is 23.6 Å². The number of fused-ring (bicyclic) bond motifs is 2. The zero-order chi connectivity index (χ0) is 24.1. The smallest absolute Gasteiger partial charge is 0.313 e. The van der Waals surface area contributed by atoms with Gasteiger partial charge < -0.3 is 24.4 Å². The first-order valence-corrected chi connectivity index (χ1v) is 11.9. The van der Waals surface area contributed by atoms with Crippen molar-refractivity contribution in [3.8, 4) is 0 Å². The van der Waals surface area contributed by atoms with E-state index in [1.54, 1.807) is 48.2 Å². The number of rotatable bonds is 3. The summed E-state index contributed by atoms with van der Waals surface area (Å²) < 4.78 is 12.2. The molecule has 2 fully saturated rings. The quantitative estimate of drug-likeness (QED) is 0.519. The molecule has 4 aliphatic rings. The van der Waals surface area contributed by atoms with E-state index in [2.05, 4.69) is 0 Å². The summed E-state index contributed by atoms with van der Waals surface area (Å²) >= 11 is 6.03. The summed E-state index contributed by atoms with van der Waals surface area (Å²) in [5, 5.41) is 10.3. The highest BCUT2D eigenvalue weighted by atomic mass is 35.5. The standard InChI is InChI=1S/C25H27ClN2O6/c1-24-10-3-2-4-15-33-23(32)19(24)18-21(30)28(13-14-29)20-22(31)27(12-5-11-25(18,20)34-24)17-8-6-16(26)7-9-17/h3,5-11,18-20,29H,2,4,12-15H2,1H3/b10-3-/t18-,19+,20?,24-,25-/m0/s1. The molecule has 0 bridgehead atoms. The van der Waals surface area contributed by atoms with E-state index in [9.17, 15) is 19.5 Å². The van der Waals surface area contributed by atoms with E-state index in [1.165, 1.54) is 4.90 Å². The van der Waals surface area contributed by atoms with Crippen molar-refractivity contribution in [2.45, 2.75) is 37.0 Å². The Labute approximate surface area is 202 Å². The van der Waals surface area contributed by atoms with Crippen LogP contribution in [0.15, 0.2) is 48.6 Å². The number of hydrogen-bond donors (Lipinski definition) is 1. The van der Waals surface area contributed by atoms with Crippen LogP contribution in [0.1, 0.15) is 19.8 Å². The molecule has 8 nitrogen and oxygen atoms in total. The minimum atomic E-state index is -1.37. The van der Waals surface area contributed by atoms with Crippen LogP contribution in [-0.2, 0) is 23.9 Å². The lowest BCUT2D eigenvalue weighted by molar-refractivity contribution is -0.158. The van der Waals surface area contributed by atoms with Crippen molar-refractivity contribution < 1.29 is 29.0 Å². The van der Waals surface area contributed by atoms with Crippen molar-refractivity contribution in [1.82, 2.24) is 4.90 Å². The topological polar surface area (TPSA) is 96.4 Å². The summed E-state index contributed by atoms with van der Waals surface area (Å²) in [6.45, 7) is 1.92. The van der Waals surface area contributed by atoms with E-state index in [-0.39, 0.29) is 32.2 Å². The van der Waals surface area contributed by atoms with Crippen molar-refractivity contribution in [1.29, 1.82) is 0 Å². The van der Waals surface area contributed by atoms with Gasteiger partial charge in [-0.05, 0) is 44.0 Å². The number of aliphatic hydroxyl groups excluding tert-OH is 1. The van der Waals surface area contributed by atoms with Crippen LogP contribution >= 0.6 is 11.6 Å². The largest absolute Gasteiger partial charge is 0.465 e. The van der Waals surface area contributed by atoms with E-state index in [4.69, 9.17) is 21.1 Å². The molecule has 0 aromatic heterocycles. The van der Waals surface area contributed by atoms with Crippen LogP contribution in [0.4, 0.5) is 5.69 Å². The number of allylic oxidation sites excluding steroid dienone is 1. The maximum Gasteiger partial charge on any atom is 0.313 e. The number of esters is 1. The van der Waals surface area contributed by atoms with Crippen molar-refractivity contribution in [3.63, 3.8) is 0 Å². The minimum Gasteiger partial charge on any atom is -0.465 e. The second kappa shape index (κ2) is 8.52. The minimum absolute atomic E-state index is 0.0481. The number of anilines is 1. The number of carbonyl (C=O) groups excluding carboxylic acids is 3. The van der Waals surface area contributed by atoms with Crippen LogP contribution in [-0.4, -0.2) is 71.3 Å². The summed E-state index contributed by atoms with van der Waals surface area (Å²) in [5.41, 5.74) is -1.86. The van der Waals surface area contributed by atoms with Crippen LogP contribution in [0.25, 0.3) is 0 Å². The molecule has 5 rings (SSSR count). The molecular formula is C25H27ClN2O6. The first-order chi connectivity index (χ1) is 16.3. The van der Waals surface area contributed by atoms with Gasteiger partial charge in [-0.25, -0.2) is 0 Å². The van der Waals surface area contributed by atoms with Gasteiger partial charge in [0.15, 0.2) is 0 Å². The molecule has 1 N–H and O–H groups in total. The Morgan fingerprint density at radius 2 is 1.85 bits per heavy atom. The Morgan fingerprint density at radius 1 is 1.09 bits per heavy atom. The normalized spacial score (nSPS) is 36.1. The number of benzene rings is 1. The Hall–Kier alpha value is -2.68. The highest BCUT2D eigenvalue weighted by molar-refractivity contribution is 6.30. The number of ether oxygens (including phenoxy) is 2. The predicted octanol–water partition coefficient (Wildman–Crippen LogP) is 2.10. The number of likely N-dealkylation sites (tertiary alicyclic amines) is 1. The number of amides is 2. The number of halogens is 1. The molecule has 2 amide bonds. The number of β-amino-alcohol motifs (C(OH)–C–C–N with tert-alkyl or cyclic N) is 1. The summed E-state index contributed by atoms with van der Waals surface area (Å²) in [4.78, 5) is 44.0. The Kier molecular flexibility index (Phi) is 5.78. The monoisotopic (exact) mass is 486 g/mol. The molecule has 1 spiro atoms. The van der Waals surface area contributed by atoms with Gasteiger partial charge >= 0.3 is 5.97 Å². The third-order valence-electron chi connectivity index (χ3n) is 7.23. The molecule has 0 radical (unpaired) electrons. The van der Waals surface area contributed by atoms with Crippen molar-refractivity contribution in [2.24, 2.45) is 11.8 Å². The van der Waals surface area contributed by atoms with Crippen molar-refractivity contribution in [2.75, 3.05) is 31.2 Å². The molecule has 1 aromatic rings. The van der Waals surface area contributed by atoms with Crippen LogP contribution in [0.5, 0.6) is 0 Å². The van der Waals surface area contributed by atoms with Gasteiger partial charge in [0.1, 0.15) is 17.6 Å². The molecule has 0 aliphatic carbocycles. The van der Waals surface area contributed by atoms with Gasteiger partial charge in [0.2, 0.25) is 5.91 Å². The lowest BCUT2D eigenvalue weighted by Crippen LogP contribution is -2.56. The molecule has 5 atom stereocenters. The number of nitrogens with zero attached hydrogens (tertiary/aromatic N) is 2. The van der Waals surface area contributed by atoms with Gasteiger partial charge in [0.05, 0.1) is 24.7 Å². The highest BCUT2D eigenvalue weighted by Crippen LogP contribution is 2.57. The third-order valence-corrected chi connectivity index (χ3v) is 7.48. The first kappa shape index (κ1) is 23.1. The van der Waals surface area contributed by atoms with E-state index in [1.807, 2.05) is 12.2 Å². The molecule has 1 unspecified atom stereocenters. The maximum atomic E-state index is 14.0. The number of carbonyl (C=O) groups is 3. The second-order valence-electron chi connectivity index (χ2n) is 9.29. The van der Waals surface area contributed by atoms with Crippen LogP contribution in [0, 0.1) is 11.8 Å². The van der Waals surface area contributed by atoms with Gasteiger partial charge in [0, 0.05) is 23.8 Å². The Balaban J connectivity index is 1.64. The van der Waals surface area contributed by atoms with E-state index in [0.717, 1.165) is 0 Å². The Bertz CT molecular complexity index is 1070. The molecule has 2 saturated heterocycles. The zero-order valence-corrected chi connectivity index (χ0v) is 19.6. The van der Waals surface area contributed by atoms with Crippen molar-refractivity contribution >= 4 is 35.1 Å². The average Bonchev–Trinajstić information content (AvgIpc) is 3.14. The van der Waals surface area contributed by atoms with Gasteiger partial charge in [-0.15, -0.1) is 0 Å². The number of cyclic esters (lactones) is 1. The second-order valence-corrected chi connectivity index (χ2v) is 9.73. The van der Waals surface area contributed by atoms with Crippen LogP contribution in [0.2, 0.25) is 5.02 Å². The number of aliphatic hydroxyl groups is 1. The third kappa shape index (κ3) is 3.39. The SMILES string of the molecule is C[C@]12/C=C\CCCOC(=O)[C@H]1[C@H]1C(=O)N(CCO)C3C(=O)N(c4ccc(Cl)cc4)CC=C[C@@]31O2. The fourth-order valence-electron chi connectivity index (χ4n) is 5.83. The average molecular weight is 487 g/mol. The summed E-state index contributed by atoms with van der Waals surface area (Å²) in [6.07, 6.45) is 8.74.